The van der Waals surface area contributed by atoms with Gasteiger partial charge in [-0.3, -0.25) is 15.1 Å². The lowest BCUT2D eigenvalue weighted by Gasteiger charge is -2.01. The Bertz CT molecular complexity index is 757. The van der Waals surface area contributed by atoms with Crippen LogP contribution in [0.5, 0.6) is 0 Å². The van der Waals surface area contributed by atoms with Crippen LogP contribution < -0.4 is 10.6 Å². The predicted octanol–water partition coefficient (Wildman–Crippen LogP) is 0.946. The number of imide groups is 1. The van der Waals surface area contributed by atoms with E-state index in [-0.39, 0.29) is 0 Å². The van der Waals surface area contributed by atoms with Crippen molar-refractivity contribution in [3.8, 4) is 0 Å². The van der Waals surface area contributed by atoms with Gasteiger partial charge in [0.25, 0.3) is 5.91 Å². The van der Waals surface area contributed by atoms with Crippen molar-refractivity contribution in [3.05, 3.63) is 48.2 Å². The minimum absolute atomic E-state index is 0.372. The van der Waals surface area contributed by atoms with Crippen molar-refractivity contribution in [2.45, 2.75) is 6.04 Å². The zero-order valence-corrected chi connectivity index (χ0v) is 11.7. The Labute approximate surface area is 125 Å². The standard InChI is InChI=1S/C14H13N5O3/c1-15-11(19-8-2-7-16-19)6-4-9-3-5-10(22-9)12-13(20)18-14(21)17-12/h2-8,12H,1H3,(H2,17,18,20,21)/b6-4-,15-11?. The highest BCUT2D eigenvalue weighted by molar-refractivity contribution is 6.04. The van der Waals surface area contributed by atoms with Gasteiger partial charge >= 0.3 is 6.03 Å². The second-order valence-electron chi connectivity index (χ2n) is 4.50. The van der Waals surface area contributed by atoms with Gasteiger partial charge in [0.05, 0.1) is 0 Å². The Balaban J connectivity index is 1.76. The highest BCUT2D eigenvalue weighted by atomic mass is 16.3. The van der Waals surface area contributed by atoms with Gasteiger partial charge in [0, 0.05) is 19.4 Å². The van der Waals surface area contributed by atoms with Crippen molar-refractivity contribution >= 4 is 23.8 Å². The third kappa shape index (κ3) is 2.66. The number of allylic oxidation sites excluding steroid dienone is 1. The third-order valence-corrected chi connectivity index (χ3v) is 3.07. The van der Waals surface area contributed by atoms with Crippen LogP contribution in [0.3, 0.4) is 0 Å². The lowest BCUT2D eigenvalue weighted by atomic mass is 10.2. The molecule has 3 heterocycles. The molecule has 0 saturated carbocycles. The highest BCUT2D eigenvalue weighted by Crippen LogP contribution is 2.20. The summed E-state index contributed by atoms with van der Waals surface area (Å²) in [6.07, 6.45) is 6.88. The molecule has 1 aliphatic rings. The second kappa shape index (κ2) is 5.68. The van der Waals surface area contributed by atoms with E-state index in [0.717, 1.165) is 0 Å². The maximum atomic E-state index is 11.6. The molecule has 1 fully saturated rings. The molecule has 0 spiro atoms. The quantitative estimate of drug-likeness (QED) is 0.500. The molecule has 2 aromatic rings. The van der Waals surface area contributed by atoms with Gasteiger partial charge < -0.3 is 9.73 Å². The van der Waals surface area contributed by atoms with Crippen molar-refractivity contribution in [2.24, 2.45) is 4.99 Å². The molecule has 8 nitrogen and oxygen atoms in total. The number of nitrogens with zero attached hydrogens (tertiary/aromatic N) is 3. The topological polar surface area (TPSA) is 102 Å². The first-order chi connectivity index (χ1) is 10.7. The molecule has 0 radical (unpaired) electrons. The van der Waals surface area contributed by atoms with Crippen molar-refractivity contribution < 1.29 is 14.0 Å². The molecule has 1 saturated heterocycles. The Morgan fingerprint density at radius 2 is 2.32 bits per heavy atom. The average Bonchev–Trinajstić information content (AvgIpc) is 3.21. The monoisotopic (exact) mass is 299 g/mol. The van der Waals surface area contributed by atoms with E-state index in [0.29, 0.717) is 17.4 Å². The van der Waals surface area contributed by atoms with Gasteiger partial charge in [0.1, 0.15) is 17.4 Å². The van der Waals surface area contributed by atoms with E-state index in [1.165, 1.54) is 0 Å². The number of urea groups is 1. The summed E-state index contributed by atoms with van der Waals surface area (Å²) in [5.74, 6) is 1.12. The smallest absolute Gasteiger partial charge is 0.322 e. The van der Waals surface area contributed by atoms with E-state index >= 15 is 0 Å². The highest BCUT2D eigenvalue weighted by Gasteiger charge is 2.33. The number of aliphatic imine (C=N–C) groups is 1. The number of aromatic nitrogens is 2. The molecule has 3 amide bonds. The van der Waals surface area contributed by atoms with E-state index in [9.17, 15) is 9.59 Å². The summed E-state index contributed by atoms with van der Waals surface area (Å²) in [6.45, 7) is 0. The molecule has 8 heteroatoms. The summed E-state index contributed by atoms with van der Waals surface area (Å²) in [5, 5.41) is 8.72. The summed E-state index contributed by atoms with van der Waals surface area (Å²) in [4.78, 5) is 26.8. The van der Waals surface area contributed by atoms with Gasteiger partial charge in [0.2, 0.25) is 0 Å². The number of hydrogen-bond donors (Lipinski definition) is 2. The van der Waals surface area contributed by atoms with Crippen LogP contribution >= 0.6 is 0 Å². The van der Waals surface area contributed by atoms with E-state index < -0.39 is 18.0 Å². The summed E-state index contributed by atoms with van der Waals surface area (Å²) >= 11 is 0. The van der Waals surface area contributed by atoms with Crippen LogP contribution in [0.1, 0.15) is 17.6 Å². The molecule has 1 aliphatic heterocycles. The molecule has 1 atom stereocenters. The predicted molar refractivity (Wildman–Crippen MR) is 78.1 cm³/mol. The van der Waals surface area contributed by atoms with Crippen LogP contribution in [0.2, 0.25) is 0 Å². The van der Waals surface area contributed by atoms with Gasteiger partial charge in [-0.2, -0.15) is 5.10 Å². The fourth-order valence-electron chi connectivity index (χ4n) is 2.04. The summed E-state index contributed by atoms with van der Waals surface area (Å²) < 4.78 is 7.17. The fourth-order valence-corrected chi connectivity index (χ4v) is 2.04. The number of nitrogens with one attached hydrogen (secondary N) is 2. The normalized spacial score (nSPS) is 18.8. The van der Waals surface area contributed by atoms with Gasteiger partial charge in [-0.1, -0.05) is 0 Å². The molecule has 2 aromatic heterocycles. The van der Waals surface area contributed by atoms with Crippen LogP contribution in [-0.4, -0.2) is 34.6 Å². The largest absolute Gasteiger partial charge is 0.459 e. The molecule has 0 aromatic carbocycles. The molecular weight excluding hydrogens is 286 g/mol. The van der Waals surface area contributed by atoms with Gasteiger partial charge in [-0.25, -0.2) is 9.48 Å². The van der Waals surface area contributed by atoms with Crippen LogP contribution in [0.25, 0.3) is 6.08 Å². The molecule has 3 rings (SSSR count). The first-order valence-electron chi connectivity index (χ1n) is 6.53. The number of hydrogen-bond acceptors (Lipinski definition) is 5. The maximum Gasteiger partial charge on any atom is 0.322 e. The van der Waals surface area contributed by atoms with Crippen LogP contribution in [-0.2, 0) is 4.79 Å². The zero-order chi connectivity index (χ0) is 15.5. The zero-order valence-electron chi connectivity index (χ0n) is 11.7. The molecule has 1 unspecified atom stereocenters. The lowest BCUT2D eigenvalue weighted by Crippen LogP contribution is -2.22. The Hall–Kier alpha value is -3.16. The van der Waals surface area contributed by atoms with E-state index in [4.69, 9.17) is 4.42 Å². The van der Waals surface area contributed by atoms with E-state index in [1.807, 2.05) is 0 Å². The fraction of sp³-hybridized carbons (Fsp3) is 0.143. The lowest BCUT2D eigenvalue weighted by molar-refractivity contribution is -0.120. The second-order valence-corrected chi connectivity index (χ2v) is 4.50. The summed E-state index contributed by atoms with van der Waals surface area (Å²) in [7, 11) is 1.66. The Kier molecular flexibility index (Phi) is 3.57. The first kappa shape index (κ1) is 13.8. The van der Waals surface area contributed by atoms with E-state index in [1.54, 1.807) is 54.5 Å². The SMILES string of the molecule is CN=C(/C=C\c1ccc(C2NC(=O)NC2=O)o1)n1cccn1. The number of rotatable bonds is 3. The van der Waals surface area contributed by atoms with Crippen LogP contribution in [0.4, 0.5) is 4.79 Å². The van der Waals surface area contributed by atoms with Crippen LogP contribution in [0.15, 0.2) is 46.1 Å². The Morgan fingerprint density at radius 3 is 2.95 bits per heavy atom. The first-order valence-corrected chi connectivity index (χ1v) is 6.53. The number of amides is 3. The summed E-state index contributed by atoms with van der Waals surface area (Å²) in [5.41, 5.74) is 0. The van der Waals surface area contributed by atoms with E-state index in [2.05, 4.69) is 20.7 Å². The minimum Gasteiger partial charge on any atom is -0.459 e. The van der Waals surface area contributed by atoms with Gasteiger partial charge in [0.15, 0.2) is 6.04 Å². The molecule has 0 bridgehead atoms. The average molecular weight is 299 g/mol. The van der Waals surface area contributed by atoms with Crippen molar-refractivity contribution in [3.63, 3.8) is 0 Å². The Morgan fingerprint density at radius 1 is 1.45 bits per heavy atom. The van der Waals surface area contributed by atoms with Gasteiger partial charge in [-0.05, 0) is 30.4 Å². The molecule has 112 valence electrons. The summed E-state index contributed by atoms with van der Waals surface area (Å²) in [6, 6.07) is 3.83. The van der Waals surface area contributed by atoms with Crippen LogP contribution in [0, 0.1) is 0 Å². The molecule has 2 N–H and O–H groups in total. The number of furan rings is 1. The van der Waals surface area contributed by atoms with Crippen molar-refractivity contribution in [1.29, 1.82) is 0 Å². The number of carbonyl (C=O) groups excluding carboxylic acids is 2. The van der Waals surface area contributed by atoms with Crippen molar-refractivity contribution in [1.82, 2.24) is 20.4 Å². The number of carbonyl (C=O) groups is 2. The third-order valence-electron chi connectivity index (χ3n) is 3.07. The maximum absolute atomic E-state index is 11.6. The van der Waals surface area contributed by atoms with Crippen molar-refractivity contribution in [2.75, 3.05) is 7.05 Å². The minimum atomic E-state index is -0.792. The molecule has 0 aliphatic carbocycles. The molecule has 22 heavy (non-hydrogen) atoms. The van der Waals surface area contributed by atoms with Gasteiger partial charge in [-0.15, -0.1) is 0 Å². The molecular formula is C14H13N5O3.